The first-order chi connectivity index (χ1) is 11.9. The summed E-state index contributed by atoms with van der Waals surface area (Å²) >= 11 is 6.23. The second-order valence-electron chi connectivity index (χ2n) is 6.45. The Balaban J connectivity index is 1.96. The van der Waals surface area contributed by atoms with Gasteiger partial charge in [-0.1, -0.05) is 29.8 Å². The molecule has 0 radical (unpaired) electrons. The monoisotopic (exact) mass is 356 g/mol. The van der Waals surface area contributed by atoms with E-state index in [1.165, 1.54) is 0 Å². The molecule has 0 saturated carbocycles. The molecule has 0 saturated heterocycles. The maximum absolute atomic E-state index is 12.9. The Morgan fingerprint density at radius 3 is 2.64 bits per heavy atom. The van der Waals surface area contributed by atoms with Crippen molar-refractivity contribution in [3.05, 3.63) is 58.4 Å². The Bertz CT molecular complexity index is 932. The number of carbonyl (C=O) groups excluding carboxylic acids is 1. The molecule has 0 bridgehead atoms. The van der Waals surface area contributed by atoms with E-state index in [1.54, 1.807) is 12.3 Å². The predicted molar refractivity (Wildman–Crippen MR) is 100.0 cm³/mol. The van der Waals surface area contributed by atoms with E-state index in [1.807, 2.05) is 56.6 Å². The minimum absolute atomic E-state index is 0.161. The van der Waals surface area contributed by atoms with E-state index in [4.69, 9.17) is 11.6 Å². The Morgan fingerprint density at radius 2 is 1.96 bits per heavy atom. The van der Waals surface area contributed by atoms with Crippen LogP contribution < -0.4 is 5.32 Å². The van der Waals surface area contributed by atoms with Gasteiger partial charge in [-0.05, 0) is 45.4 Å². The molecule has 0 aliphatic heterocycles. The fourth-order valence-electron chi connectivity index (χ4n) is 2.89. The van der Waals surface area contributed by atoms with Crippen LogP contribution in [-0.4, -0.2) is 20.7 Å². The quantitative estimate of drug-likeness (QED) is 0.750. The Hall–Kier alpha value is -2.40. The fourth-order valence-corrected chi connectivity index (χ4v) is 3.19. The number of halogens is 1. The molecule has 0 aliphatic rings. The summed E-state index contributed by atoms with van der Waals surface area (Å²) in [6.07, 6.45) is 1.71. The number of hydrogen-bond donors (Lipinski definition) is 1. The number of carbonyl (C=O) groups is 1. The van der Waals surface area contributed by atoms with Crippen LogP contribution in [0.25, 0.3) is 11.0 Å². The van der Waals surface area contributed by atoms with Crippen LogP contribution in [0.4, 0.5) is 0 Å². The van der Waals surface area contributed by atoms with Crippen molar-refractivity contribution in [1.29, 1.82) is 0 Å². The molecule has 25 heavy (non-hydrogen) atoms. The molecular weight excluding hydrogens is 336 g/mol. The highest BCUT2D eigenvalue weighted by molar-refractivity contribution is 6.31. The second kappa shape index (κ2) is 6.84. The summed E-state index contributed by atoms with van der Waals surface area (Å²) in [5.41, 5.74) is 2.97. The average molecular weight is 357 g/mol. The van der Waals surface area contributed by atoms with Gasteiger partial charge in [-0.2, -0.15) is 5.10 Å². The summed E-state index contributed by atoms with van der Waals surface area (Å²) in [6, 6.07) is 9.28. The molecule has 3 aromatic rings. The maximum atomic E-state index is 12.9. The zero-order valence-electron chi connectivity index (χ0n) is 14.7. The van der Waals surface area contributed by atoms with Crippen LogP contribution in [0.5, 0.6) is 0 Å². The largest absolute Gasteiger partial charge is 0.345 e. The number of rotatable bonds is 4. The molecule has 0 fully saturated rings. The van der Waals surface area contributed by atoms with Gasteiger partial charge in [0.2, 0.25) is 0 Å². The van der Waals surface area contributed by atoms with Crippen LogP contribution in [0.3, 0.4) is 0 Å². The summed E-state index contributed by atoms with van der Waals surface area (Å²) in [7, 11) is 0. The molecule has 3 rings (SSSR count). The van der Waals surface area contributed by atoms with E-state index >= 15 is 0 Å². The van der Waals surface area contributed by atoms with Crippen LogP contribution in [0.1, 0.15) is 54.5 Å². The molecule has 0 spiro atoms. The van der Waals surface area contributed by atoms with Gasteiger partial charge >= 0.3 is 0 Å². The van der Waals surface area contributed by atoms with E-state index in [0.717, 1.165) is 22.3 Å². The number of aryl methyl sites for hydroxylation is 1. The van der Waals surface area contributed by atoms with Gasteiger partial charge < -0.3 is 5.32 Å². The minimum atomic E-state index is -0.204. The number of pyridine rings is 1. The number of amides is 1. The van der Waals surface area contributed by atoms with Crippen LogP contribution >= 0.6 is 11.6 Å². The van der Waals surface area contributed by atoms with Crippen molar-refractivity contribution in [1.82, 2.24) is 20.1 Å². The van der Waals surface area contributed by atoms with Crippen LogP contribution in [0.15, 0.2) is 36.5 Å². The minimum Gasteiger partial charge on any atom is -0.345 e. The molecular formula is C19H21ClN4O. The molecule has 6 heteroatoms. The van der Waals surface area contributed by atoms with Crippen LogP contribution in [0, 0.1) is 6.92 Å². The van der Waals surface area contributed by atoms with Gasteiger partial charge in [0.15, 0.2) is 5.65 Å². The molecule has 2 heterocycles. The summed E-state index contributed by atoms with van der Waals surface area (Å²) in [5, 5.41) is 8.80. The third-order valence-corrected chi connectivity index (χ3v) is 4.49. The van der Waals surface area contributed by atoms with Crippen molar-refractivity contribution in [3.63, 3.8) is 0 Å². The maximum Gasteiger partial charge on any atom is 0.252 e. The lowest BCUT2D eigenvalue weighted by molar-refractivity contribution is 0.0941. The second-order valence-corrected chi connectivity index (χ2v) is 6.86. The summed E-state index contributed by atoms with van der Waals surface area (Å²) in [6.45, 7) is 7.87. The van der Waals surface area contributed by atoms with Gasteiger partial charge in [0.05, 0.1) is 23.2 Å². The van der Waals surface area contributed by atoms with Gasteiger partial charge in [0, 0.05) is 16.8 Å². The average Bonchev–Trinajstić information content (AvgIpc) is 2.98. The van der Waals surface area contributed by atoms with Crippen molar-refractivity contribution in [2.75, 3.05) is 0 Å². The lowest BCUT2D eigenvalue weighted by Crippen LogP contribution is -2.27. The van der Waals surface area contributed by atoms with Gasteiger partial charge in [0.25, 0.3) is 5.91 Å². The van der Waals surface area contributed by atoms with Crippen LogP contribution in [-0.2, 0) is 0 Å². The molecule has 1 atom stereocenters. The standard InChI is InChI=1S/C19H21ClN4O/c1-11(2)24-18-16(10-21-24)15(9-12(3)22-18)19(25)23-13(4)14-7-5-6-8-17(14)20/h5-11,13H,1-4H3,(H,23,25)/t13-/m1/s1. The normalized spacial score (nSPS) is 12.6. The summed E-state index contributed by atoms with van der Waals surface area (Å²) in [4.78, 5) is 17.4. The number of fused-ring (bicyclic) bond motifs is 1. The van der Waals surface area contributed by atoms with Crippen molar-refractivity contribution >= 4 is 28.5 Å². The Kier molecular flexibility index (Phi) is 4.77. The highest BCUT2D eigenvalue weighted by Gasteiger charge is 2.19. The number of nitrogens with zero attached hydrogens (tertiary/aromatic N) is 3. The predicted octanol–water partition coefficient (Wildman–Crippen LogP) is 4.47. The zero-order valence-corrected chi connectivity index (χ0v) is 15.5. The lowest BCUT2D eigenvalue weighted by Gasteiger charge is -2.16. The van der Waals surface area contributed by atoms with Gasteiger partial charge in [0.1, 0.15) is 0 Å². The van der Waals surface area contributed by atoms with E-state index in [0.29, 0.717) is 10.6 Å². The molecule has 2 aromatic heterocycles. The van der Waals surface area contributed by atoms with Crippen molar-refractivity contribution in [2.24, 2.45) is 0 Å². The zero-order chi connectivity index (χ0) is 18.1. The first-order valence-corrected chi connectivity index (χ1v) is 8.66. The van der Waals surface area contributed by atoms with Crippen molar-refractivity contribution in [2.45, 2.75) is 39.8 Å². The summed E-state index contributed by atoms with van der Waals surface area (Å²) < 4.78 is 1.83. The number of benzene rings is 1. The smallest absolute Gasteiger partial charge is 0.252 e. The van der Waals surface area contributed by atoms with Crippen LogP contribution in [0.2, 0.25) is 5.02 Å². The molecule has 0 unspecified atom stereocenters. The Labute approximate surface area is 152 Å². The van der Waals surface area contributed by atoms with Gasteiger partial charge in [-0.25, -0.2) is 9.67 Å². The molecule has 1 amide bonds. The van der Waals surface area contributed by atoms with Crippen molar-refractivity contribution < 1.29 is 4.79 Å². The van der Waals surface area contributed by atoms with Gasteiger partial charge in [-0.15, -0.1) is 0 Å². The highest BCUT2D eigenvalue weighted by Crippen LogP contribution is 2.24. The summed E-state index contributed by atoms with van der Waals surface area (Å²) in [5.74, 6) is -0.161. The fraction of sp³-hybridized carbons (Fsp3) is 0.316. The molecule has 1 N–H and O–H groups in total. The van der Waals surface area contributed by atoms with E-state index < -0.39 is 0 Å². The first-order valence-electron chi connectivity index (χ1n) is 8.28. The molecule has 5 nitrogen and oxygen atoms in total. The first kappa shape index (κ1) is 17.4. The molecule has 0 aliphatic carbocycles. The Morgan fingerprint density at radius 1 is 1.24 bits per heavy atom. The SMILES string of the molecule is Cc1cc(C(=O)N[C@H](C)c2ccccc2Cl)c2cnn(C(C)C)c2n1. The van der Waals surface area contributed by atoms with Gasteiger partial charge in [-0.3, -0.25) is 4.79 Å². The van der Waals surface area contributed by atoms with Crippen molar-refractivity contribution in [3.8, 4) is 0 Å². The topological polar surface area (TPSA) is 59.8 Å². The third-order valence-electron chi connectivity index (χ3n) is 4.15. The number of aromatic nitrogens is 3. The molecule has 130 valence electrons. The van der Waals surface area contributed by atoms with E-state index in [-0.39, 0.29) is 18.0 Å². The lowest BCUT2D eigenvalue weighted by atomic mass is 10.1. The van der Waals surface area contributed by atoms with E-state index in [9.17, 15) is 4.79 Å². The number of nitrogens with one attached hydrogen (secondary N) is 1. The van der Waals surface area contributed by atoms with E-state index in [2.05, 4.69) is 15.4 Å². The third kappa shape index (κ3) is 3.37. The highest BCUT2D eigenvalue weighted by atomic mass is 35.5. The number of hydrogen-bond acceptors (Lipinski definition) is 3. The molecule has 1 aromatic carbocycles.